The van der Waals surface area contributed by atoms with E-state index >= 15 is 0 Å². The van der Waals surface area contributed by atoms with Crippen molar-refractivity contribution in [3.63, 3.8) is 0 Å². The molecule has 134 valence electrons. The third kappa shape index (κ3) is 6.39. The van der Waals surface area contributed by atoms with Gasteiger partial charge in [-0.1, -0.05) is 6.92 Å². The van der Waals surface area contributed by atoms with Crippen LogP contribution in [0.5, 0.6) is 0 Å². The number of nitrogens with zero attached hydrogens (tertiary/aromatic N) is 4. The van der Waals surface area contributed by atoms with Crippen LogP contribution in [-0.4, -0.2) is 40.4 Å². The molecule has 0 bridgehead atoms. The monoisotopic (exact) mass is 462 g/mol. The van der Waals surface area contributed by atoms with Gasteiger partial charge in [-0.25, -0.2) is 0 Å². The SMILES string of the molecule is CCc1nncn1CCNC(=NC)NC(C)Cc1ccc(C)s1.I. The topological polar surface area (TPSA) is 67.1 Å². The molecule has 1 atom stereocenters. The van der Waals surface area contributed by atoms with Gasteiger partial charge in [0.1, 0.15) is 12.2 Å². The largest absolute Gasteiger partial charge is 0.355 e. The molecule has 0 saturated carbocycles. The van der Waals surface area contributed by atoms with Gasteiger partial charge in [-0.15, -0.1) is 45.5 Å². The Bertz CT molecular complexity index is 636. The summed E-state index contributed by atoms with van der Waals surface area (Å²) in [6, 6.07) is 4.71. The highest BCUT2D eigenvalue weighted by Crippen LogP contribution is 2.16. The summed E-state index contributed by atoms with van der Waals surface area (Å²) in [6.45, 7) is 8.02. The van der Waals surface area contributed by atoms with Gasteiger partial charge < -0.3 is 15.2 Å². The number of aryl methyl sites for hydroxylation is 2. The van der Waals surface area contributed by atoms with Crippen molar-refractivity contribution in [1.82, 2.24) is 25.4 Å². The molecular weight excluding hydrogens is 435 g/mol. The summed E-state index contributed by atoms with van der Waals surface area (Å²) in [6.07, 6.45) is 3.67. The molecule has 2 aromatic rings. The van der Waals surface area contributed by atoms with E-state index in [0.717, 1.165) is 37.7 Å². The fourth-order valence-electron chi connectivity index (χ4n) is 2.41. The zero-order chi connectivity index (χ0) is 16.7. The third-order valence-electron chi connectivity index (χ3n) is 3.57. The molecule has 0 aliphatic heterocycles. The van der Waals surface area contributed by atoms with Crippen LogP contribution >= 0.6 is 35.3 Å². The number of thiophene rings is 1. The van der Waals surface area contributed by atoms with Crippen LogP contribution in [0, 0.1) is 6.92 Å². The van der Waals surface area contributed by atoms with Gasteiger partial charge in [-0.2, -0.15) is 0 Å². The first-order valence-electron chi connectivity index (χ1n) is 8.01. The molecule has 0 spiro atoms. The van der Waals surface area contributed by atoms with Crippen molar-refractivity contribution in [3.8, 4) is 0 Å². The summed E-state index contributed by atoms with van der Waals surface area (Å²) < 4.78 is 2.07. The van der Waals surface area contributed by atoms with Crippen molar-refractivity contribution in [3.05, 3.63) is 34.0 Å². The quantitative estimate of drug-likeness (QED) is 0.377. The summed E-state index contributed by atoms with van der Waals surface area (Å²) in [5.74, 6) is 1.84. The zero-order valence-electron chi connectivity index (χ0n) is 14.7. The second-order valence-corrected chi connectivity index (χ2v) is 6.93. The molecular formula is C16H27IN6S. The van der Waals surface area contributed by atoms with Gasteiger partial charge in [0, 0.05) is 48.8 Å². The summed E-state index contributed by atoms with van der Waals surface area (Å²) in [5, 5.41) is 14.8. The lowest BCUT2D eigenvalue weighted by Gasteiger charge is -2.17. The first kappa shape index (κ1) is 20.9. The van der Waals surface area contributed by atoms with E-state index in [1.807, 2.05) is 11.3 Å². The molecule has 2 aromatic heterocycles. The van der Waals surface area contributed by atoms with Crippen LogP contribution in [0.2, 0.25) is 0 Å². The number of halogens is 1. The number of guanidine groups is 1. The fraction of sp³-hybridized carbons (Fsp3) is 0.562. The lowest BCUT2D eigenvalue weighted by Crippen LogP contribution is -2.44. The third-order valence-corrected chi connectivity index (χ3v) is 4.59. The van der Waals surface area contributed by atoms with Crippen LogP contribution in [0.3, 0.4) is 0 Å². The van der Waals surface area contributed by atoms with E-state index in [1.165, 1.54) is 9.75 Å². The van der Waals surface area contributed by atoms with Crippen LogP contribution in [0.1, 0.15) is 29.4 Å². The molecule has 2 heterocycles. The number of hydrogen-bond acceptors (Lipinski definition) is 4. The Labute approximate surface area is 165 Å². The second kappa shape index (κ2) is 10.7. The molecule has 1 unspecified atom stereocenters. The lowest BCUT2D eigenvalue weighted by molar-refractivity contribution is 0.610. The number of aromatic nitrogens is 3. The first-order valence-corrected chi connectivity index (χ1v) is 8.83. The van der Waals surface area contributed by atoms with Crippen molar-refractivity contribution in [2.75, 3.05) is 13.6 Å². The minimum atomic E-state index is 0. The van der Waals surface area contributed by atoms with Crippen molar-refractivity contribution in [1.29, 1.82) is 0 Å². The van der Waals surface area contributed by atoms with Crippen molar-refractivity contribution < 1.29 is 0 Å². The number of aliphatic imine (C=N–C) groups is 1. The van der Waals surface area contributed by atoms with Crippen molar-refractivity contribution in [2.24, 2.45) is 4.99 Å². The van der Waals surface area contributed by atoms with E-state index in [2.05, 4.69) is 63.3 Å². The molecule has 2 rings (SSSR count). The molecule has 0 radical (unpaired) electrons. The van der Waals surface area contributed by atoms with Crippen LogP contribution in [0.15, 0.2) is 23.5 Å². The molecule has 6 nitrogen and oxygen atoms in total. The summed E-state index contributed by atoms with van der Waals surface area (Å²) in [7, 11) is 1.80. The average Bonchev–Trinajstić information content (AvgIpc) is 3.14. The molecule has 0 fully saturated rings. The second-order valence-electron chi connectivity index (χ2n) is 5.55. The van der Waals surface area contributed by atoms with Gasteiger partial charge in [0.05, 0.1) is 0 Å². The first-order chi connectivity index (χ1) is 11.1. The van der Waals surface area contributed by atoms with Crippen molar-refractivity contribution in [2.45, 2.75) is 46.2 Å². The van der Waals surface area contributed by atoms with E-state index in [4.69, 9.17) is 0 Å². The van der Waals surface area contributed by atoms with Crippen LogP contribution < -0.4 is 10.6 Å². The summed E-state index contributed by atoms with van der Waals surface area (Å²) >= 11 is 1.85. The van der Waals surface area contributed by atoms with E-state index in [0.29, 0.717) is 6.04 Å². The Morgan fingerprint density at radius 1 is 1.42 bits per heavy atom. The predicted molar refractivity (Wildman–Crippen MR) is 112 cm³/mol. The molecule has 2 N–H and O–H groups in total. The zero-order valence-corrected chi connectivity index (χ0v) is 17.9. The van der Waals surface area contributed by atoms with Crippen LogP contribution in [0.4, 0.5) is 0 Å². The molecule has 0 amide bonds. The van der Waals surface area contributed by atoms with Gasteiger partial charge in [0.2, 0.25) is 0 Å². The van der Waals surface area contributed by atoms with E-state index in [1.54, 1.807) is 13.4 Å². The van der Waals surface area contributed by atoms with Crippen LogP contribution in [-0.2, 0) is 19.4 Å². The molecule has 8 heteroatoms. The normalized spacial score (nSPS) is 12.6. The summed E-state index contributed by atoms with van der Waals surface area (Å²) in [5.41, 5.74) is 0. The molecule has 0 saturated heterocycles. The Morgan fingerprint density at radius 2 is 2.21 bits per heavy atom. The van der Waals surface area contributed by atoms with Gasteiger partial charge >= 0.3 is 0 Å². The maximum Gasteiger partial charge on any atom is 0.191 e. The average molecular weight is 462 g/mol. The maximum absolute atomic E-state index is 4.29. The standard InChI is InChI=1S/C16H26N6S.HI/c1-5-15-21-19-11-22(15)9-8-18-16(17-4)20-12(2)10-14-7-6-13(3)23-14;/h6-7,11-12H,5,8-10H2,1-4H3,(H2,17,18,20);1H. The van der Waals surface area contributed by atoms with Crippen molar-refractivity contribution >= 4 is 41.3 Å². The Balaban J connectivity index is 0.00000288. The smallest absolute Gasteiger partial charge is 0.191 e. The van der Waals surface area contributed by atoms with E-state index in [-0.39, 0.29) is 24.0 Å². The highest BCUT2D eigenvalue weighted by atomic mass is 127. The predicted octanol–water partition coefficient (Wildman–Crippen LogP) is 2.62. The van der Waals surface area contributed by atoms with Gasteiger partial charge in [-0.3, -0.25) is 4.99 Å². The maximum atomic E-state index is 4.29. The number of rotatable bonds is 7. The highest BCUT2D eigenvalue weighted by Gasteiger charge is 2.08. The number of hydrogen-bond donors (Lipinski definition) is 2. The van der Waals surface area contributed by atoms with Gasteiger partial charge in [0.25, 0.3) is 0 Å². The minimum Gasteiger partial charge on any atom is -0.355 e. The molecule has 24 heavy (non-hydrogen) atoms. The summed E-state index contributed by atoms with van der Waals surface area (Å²) in [4.78, 5) is 7.05. The van der Waals surface area contributed by atoms with E-state index in [9.17, 15) is 0 Å². The van der Waals surface area contributed by atoms with Gasteiger partial charge in [-0.05, 0) is 26.0 Å². The molecule has 0 aliphatic carbocycles. The molecule has 0 aliphatic rings. The Morgan fingerprint density at radius 3 is 2.83 bits per heavy atom. The van der Waals surface area contributed by atoms with E-state index < -0.39 is 0 Å². The highest BCUT2D eigenvalue weighted by molar-refractivity contribution is 14.0. The Kier molecular flexibility index (Phi) is 9.27. The Hall–Kier alpha value is -1.16. The van der Waals surface area contributed by atoms with Gasteiger partial charge in [0.15, 0.2) is 5.96 Å². The van der Waals surface area contributed by atoms with Crippen LogP contribution in [0.25, 0.3) is 0 Å². The molecule has 0 aromatic carbocycles. The number of nitrogens with one attached hydrogen (secondary N) is 2. The fourth-order valence-corrected chi connectivity index (χ4v) is 3.43. The minimum absolute atomic E-state index is 0. The lowest BCUT2D eigenvalue weighted by atomic mass is 10.2.